The summed E-state index contributed by atoms with van der Waals surface area (Å²) < 4.78 is 5.68. The Morgan fingerprint density at radius 1 is 1.14 bits per heavy atom. The molecular formula is C21H27N3O3S. The summed E-state index contributed by atoms with van der Waals surface area (Å²) in [5, 5.41) is 2.80. The number of para-hydroxylation sites is 1. The molecule has 3 rings (SSSR count). The second-order valence-corrected chi connectivity index (χ2v) is 7.97. The van der Waals surface area contributed by atoms with E-state index in [0.717, 1.165) is 22.0 Å². The van der Waals surface area contributed by atoms with Gasteiger partial charge in [-0.2, -0.15) is 0 Å². The van der Waals surface area contributed by atoms with E-state index in [0.29, 0.717) is 32.8 Å². The minimum atomic E-state index is -0.00440. The van der Waals surface area contributed by atoms with Gasteiger partial charge in [-0.25, -0.2) is 4.98 Å². The number of amides is 2. The molecule has 0 radical (unpaired) electrons. The predicted molar refractivity (Wildman–Crippen MR) is 110 cm³/mol. The molecule has 1 aliphatic heterocycles. The van der Waals surface area contributed by atoms with Gasteiger partial charge in [0.15, 0.2) is 0 Å². The van der Waals surface area contributed by atoms with E-state index in [9.17, 15) is 9.59 Å². The van der Waals surface area contributed by atoms with E-state index in [1.165, 1.54) is 11.3 Å². The van der Waals surface area contributed by atoms with Gasteiger partial charge in [0.05, 0.1) is 24.3 Å². The first kappa shape index (κ1) is 20.3. The Morgan fingerprint density at radius 3 is 2.50 bits per heavy atom. The van der Waals surface area contributed by atoms with Crippen molar-refractivity contribution in [2.75, 3.05) is 32.8 Å². The highest BCUT2D eigenvalue weighted by Crippen LogP contribution is 2.32. The molecule has 0 saturated carbocycles. The van der Waals surface area contributed by atoms with Gasteiger partial charge in [-0.1, -0.05) is 26.0 Å². The first-order valence-corrected chi connectivity index (χ1v) is 10.6. The van der Waals surface area contributed by atoms with Gasteiger partial charge in [0.1, 0.15) is 10.8 Å². The van der Waals surface area contributed by atoms with E-state index < -0.39 is 0 Å². The van der Waals surface area contributed by atoms with Gasteiger partial charge in [0.25, 0.3) is 0 Å². The van der Waals surface area contributed by atoms with Crippen molar-refractivity contribution in [3.63, 3.8) is 0 Å². The molecule has 0 bridgehead atoms. The van der Waals surface area contributed by atoms with Gasteiger partial charge < -0.3 is 14.5 Å². The van der Waals surface area contributed by atoms with Crippen LogP contribution in [-0.4, -0.2) is 59.4 Å². The van der Waals surface area contributed by atoms with Crippen LogP contribution in [0.5, 0.6) is 5.75 Å². The van der Waals surface area contributed by atoms with E-state index >= 15 is 0 Å². The first-order chi connectivity index (χ1) is 13.5. The third-order valence-electron chi connectivity index (χ3n) is 4.74. The fraction of sp³-hybridized carbons (Fsp3) is 0.476. The highest BCUT2D eigenvalue weighted by atomic mass is 32.1. The van der Waals surface area contributed by atoms with E-state index in [2.05, 4.69) is 4.98 Å². The number of carbonyl (C=O) groups is 2. The van der Waals surface area contributed by atoms with Gasteiger partial charge >= 0.3 is 0 Å². The van der Waals surface area contributed by atoms with Crippen molar-refractivity contribution in [3.8, 4) is 16.3 Å². The summed E-state index contributed by atoms with van der Waals surface area (Å²) in [5.41, 5.74) is 1.73. The fourth-order valence-electron chi connectivity index (χ4n) is 3.24. The lowest BCUT2D eigenvalue weighted by Gasteiger charge is -2.35. The standard InChI is InChI=1S/C21H27N3O3S/c1-4-27-18-8-6-5-7-17(18)20-22-16(14-28-20)13-19(25)23-9-11-24(12-10-23)21(26)15(2)3/h5-8,14-15H,4,9-13H2,1-3H3. The molecule has 1 aliphatic rings. The Morgan fingerprint density at radius 2 is 1.82 bits per heavy atom. The molecule has 150 valence electrons. The highest BCUT2D eigenvalue weighted by Gasteiger charge is 2.25. The topological polar surface area (TPSA) is 62.7 Å². The number of thiazole rings is 1. The fourth-order valence-corrected chi connectivity index (χ4v) is 4.09. The van der Waals surface area contributed by atoms with Crippen molar-refractivity contribution in [3.05, 3.63) is 35.3 Å². The van der Waals surface area contributed by atoms with Crippen molar-refractivity contribution < 1.29 is 14.3 Å². The van der Waals surface area contributed by atoms with Crippen molar-refractivity contribution in [2.24, 2.45) is 5.92 Å². The zero-order valence-electron chi connectivity index (χ0n) is 16.7. The van der Waals surface area contributed by atoms with Gasteiger partial charge in [-0.05, 0) is 19.1 Å². The van der Waals surface area contributed by atoms with E-state index in [4.69, 9.17) is 4.74 Å². The Balaban J connectivity index is 1.60. The minimum Gasteiger partial charge on any atom is -0.493 e. The molecular weight excluding hydrogens is 374 g/mol. The molecule has 0 unspecified atom stereocenters. The average Bonchev–Trinajstić information content (AvgIpc) is 3.16. The summed E-state index contributed by atoms with van der Waals surface area (Å²) in [6.45, 7) is 8.74. The lowest BCUT2D eigenvalue weighted by Crippen LogP contribution is -2.51. The predicted octanol–water partition coefficient (Wildman–Crippen LogP) is 3.08. The number of hydrogen-bond acceptors (Lipinski definition) is 5. The number of ether oxygens (including phenoxy) is 1. The minimum absolute atomic E-state index is 0.00440. The SMILES string of the molecule is CCOc1ccccc1-c1nc(CC(=O)N2CCN(C(=O)C(C)C)CC2)cs1. The third-order valence-corrected chi connectivity index (χ3v) is 5.66. The van der Waals surface area contributed by atoms with Crippen LogP contribution < -0.4 is 4.74 Å². The Labute approximate surface area is 170 Å². The smallest absolute Gasteiger partial charge is 0.228 e. The molecule has 2 aromatic rings. The molecule has 6 nitrogen and oxygen atoms in total. The van der Waals surface area contributed by atoms with Gasteiger partial charge in [-0.15, -0.1) is 11.3 Å². The van der Waals surface area contributed by atoms with Crippen molar-refractivity contribution in [1.82, 2.24) is 14.8 Å². The number of rotatable bonds is 6. The van der Waals surface area contributed by atoms with Crippen LogP contribution >= 0.6 is 11.3 Å². The number of piperazine rings is 1. The van der Waals surface area contributed by atoms with Gasteiger partial charge in [0.2, 0.25) is 11.8 Å². The molecule has 28 heavy (non-hydrogen) atoms. The summed E-state index contributed by atoms with van der Waals surface area (Å²) in [6.07, 6.45) is 0.283. The maximum absolute atomic E-state index is 12.7. The summed E-state index contributed by atoms with van der Waals surface area (Å²) in [5.74, 6) is 1.02. The second-order valence-electron chi connectivity index (χ2n) is 7.11. The van der Waals surface area contributed by atoms with Crippen molar-refractivity contribution in [1.29, 1.82) is 0 Å². The van der Waals surface area contributed by atoms with Crippen LogP contribution in [0.25, 0.3) is 10.6 Å². The lowest BCUT2D eigenvalue weighted by atomic mass is 10.1. The van der Waals surface area contributed by atoms with Gasteiger partial charge in [-0.3, -0.25) is 9.59 Å². The largest absolute Gasteiger partial charge is 0.493 e. The number of hydrogen-bond donors (Lipinski definition) is 0. The van der Waals surface area contributed by atoms with Crippen LogP contribution in [0.2, 0.25) is 0 Å². The normalized spacial score (nSPS) is 14.4. The third kappa shape index (κ3) is 4.70. The maximum Gasteiger partial charge on any atom is 0.228 e. The zero-order valence-corrected chi connectivity index (χ0v) is 17.5. The molecule has 2 heterocycles. The van der Waals surface area contributed by atoms with Crippen LogP contribution in [0.3, 0.4) is 0 Å². The Bertz CT molecular complexity index is 826. The van der Waals surface area contributed by atoms with Crippen LogP contribution in [0.15, 0.2) is 29.6 Å². The number of benzene rings is 1. The summed E-state index contributed by atoms with van der Waals surface area (Å²) in [4.78, 5) is 33.1. The number of carbonyl (C=O) groups excluding carboxylic acids is 2. The highest BCUT2D eigenvalue weighted by molar-refractivity contribution is 7.13. The molecule has 7 heteroatoms. The Hall–Kier alpha value is -2.41. The average molecular weight is 402 g/mol. The maximum atomic E-state index is 12.7. The summed E-state index contributed by atoms with van der Waals surface area (Å²) >= 11 is 1.52. The molecule has 1 saturated heterocycles. The molecule has 2 amide bonds. The molecule has 1 aromatic heterocycles. The van der Waals surface area contributed by atoms with Crippen molar-refractivity contribution >= 4 is 23.2 Å². The lowest BCUT2D eigenvalue weighted by molar-refractivity contribution is -0.141. The van der Waals surface area contributed by atoms with E-state index in [1.807, 2.05) is 60.2 Å². The quantitative estimate of drug-likeness (QED) is 0.746. The molecule has 0 spiro atoms. The zero-order chi connectivity index (χ0) is 20.1. The molecule has 0 aliphatic carbocycles. The first-order valence-electron chi connectivity index (χ1n) is 9.72. The number of nitrogens with zero attached hydrogens (tertiary/aromatic N) is 3. The summed E-state index contributed by atoms with van der Waals surface area (Å²) in [6, 6.07) is 7.82. The van der Waals surface area contributed by atoms with Gasteiger partial charge in [0, 0.05) is 37.5 Å². The van der Waals surface area contributed by atoms with E-state index in [-0.39, 0.29) is 24.2 Å². The van der Waals surface area contributed by atoms with Crippen molar-refractivity contribution in [2.45, 2.75) is 27.2 Å². The van der Waals surface area contributed by atoms with Crippen LogP contribution in [-0.2, 0) is 16.0 Å². The van der Waals surface area contributed by atoms with Crippen LogP contribution in [0, 0.1) is 5.92 Å². The van der Waals surface area contributed by atoms with Crippen LogP contribution in [0.1, 0.15) is 26.5 Å². The second kappa shape index (κ2) is 9.19. The molecule has 0 atom stereocenters. The molecule has 0 N–H and O–H groups in total. The Kier molecular flexibility index (Phi) is 6.67. The van der Waals surface area contributed by atoms with Crippen LogP contribution in [0.4, 0.5) is 0 Å². The molecule has 1 fully saturated rings. The monoisotopic (exact) mass is 401 g/mol. The summed E-state index contributed by atoms with van der Waals surface area (Å²) in [7, 11) is 0. The van der Waals surface area contributed by atoms with E-state index in [1.54, 1.807) is 0 Å². The number of aromatic nitrogens is 1. The molecule has 1 aromatic carbocycles.